The van der Waals surface area contributed by atoms with Crippen molar-refractivity contribution >= 4 is 17.4 Å². The Hall–Kier alpha value is -3.06. The van der Waals surface area contributed by atoms with E-state index in [1.54, 1.807) is 46.8 Å². The average Bonchev–Trinajstić information content (AvgIpc) is 2.64. The number of aromatic hydroxyl groups is 2. The van der Waals surface area contributed by atoms with Crippen molar-refractivity contribution in [1.29, 1.82) is 0 Å². The van der Waals surface area contributed by atoms with E-state index < -0.39 is 23.0 Å². The fourth-order valence-electron chi connectivity index (χ4n) is 3.20. The van der Waals surface area contributed by atoms with Crippen molar-refractivity contribution in [3.8, 4) is 11.5 Å². The highest BCUT2D eigenvalue weighted by Gasteiger charge is 2.30. The molecular formula is C24H32N2O5. The second kappa shape index (κ2) is 8.98. The van der Waals surface area contributed by atoms with E-state index in [4.69, 9.17) is 16.2 Å². The van der Waals surface area contributed by atoms with Crippen molar-refractivity contribution in [3.63, 3.8) is 0 Å². The first kappa shape index (κ1) is 24.2. The van der Waals surface area contributed by atoms with Gasteiger partial charge in [0, 0.05) is 17.5 Å². The molecule has 31 heavy (non-hydrogen) atoms. The van der Waals surface area contributed by atoms with Crippen molar-refractivity contribution in [3.05, 3.63) is 53.1 Å². The maximum atomic E-state index is 12.5. The summed E-state index contributed by atoms with van der Waals surface area (Å²) >= 11 is 0. The lowest BCUT2D eigenvalue weighted by molar-refractivity contribution is -0.157. The number of phenolic OH excluding ortho intramolecular Hbond substituents is 2. The minimum absolute atomic E-state index is 0.136. The second-order valence-corrected chi connectivity index (χ2v) is 9.48. The number of Topliss-reactive ketones (excluding diaryl/α,β-unsaturated/α-hetero) is 1. The predicted octanol–water partition coefficient (Wildman–Crippen LogP) is 3.34. The van der Waals surface area contributed by atoms with Gasteiger partial charge in [-0.3, -0.25) is 9.59 Å². The molecule has 7 heteroatoms. The summed E-state index contributed by atoms with van der Waals surface area (Å²) in [6.45, 7) is 8.75. The molecule has 0 bridgehead atoms. The van der Waals surface area contributed by atoms with Gasteiger partial charge < -0.3 is 26.4 Å². The number of ether oxygens (including phenoxy) is 1. The number of carbonyl (C=O) groups excluding carboxylic acids is 2. The molecule has 0 aliphatic carbocycles. The first-order valence-corrected chi connectivity index (χ1v) is 10.1. The Balaban J connectivity index is 2.10. The highest BCUT2D eigenvalue weighted by Crippen LogP contribution is 2.32. The molecule has 0 saturated heterocycles. The minimum atomic E-state index is -0.945. The van der Waals surface area contributed by atoms with Crippen molar-refractivity contribution in [1.82, 2.24) is 0 Å². The SMILES string of the molecule is CC(C)(Cc1cc(O)c(C(=O)C(C)(C)C)cc1N)OC(=O)[C@@H](N)Cc1ccc(O)cc1. The van der Waals surface area contributed by atoms with Crippen LogP contribution in [0.4, 0.5) is 5.69 Å². The van der Waals surface area contributed by atoms with E-state index in [-0.39, 0.29) is 35.7 Å². The number of hydrogen-bond donors (Lipinski definition) is 4. The molecule has 0 heterocycles. The number of nitrogen functional groups attached to an aromatic ring is 1. The number of phenols is 2. The van der Waals surface area contributed by atoms with Crippen LogP contribution in [0.5, 0.6) is 11.5 Å². The summed E-state index contributed by atoms with van der Waals surface area (Å²) in [6.07, 6.45) is 0.496. The topological polar surface area (TPSA) is 136 Å². The largest absolute Gasteiger partial charge is 0.508 e. The number of rotatable bonds is 7. The molecule has 0 aliphatic heterocycles. The molecule has 0 unspecified atom stereocenters. The Kier molecular flexibility index (Phi) is 7.01. The van der Waals surface area contributed by atoms with Gasteiger partial charge in [-0.1, -0.05) is 32.9 Å². The predicted molar refractivity (Wildman–Crippen MR) is 120 cm³/mol. The van der Waals surface area contributed by atoms with E-state index in [9.17, 15) is 19.8 Å². The lowest BCUT2D eigenvalue weighted by atomic mass is 9.85. The Morgan fingerprint density at radius 1 is 1.03 bits per heavy atom. The van der Waals surface area contributed by atoms with Crippen molar-refractivity contribution in [2.75, 3.05) is 5.73 Å². The maximum absolute atomic E-state index is 12.5. The Morgan fingerprint density at radius 3 is 2.16 bits per heavy atom. The lowest BCUT2D eigenvalue weighted by Gasteiger charge is -2.28. The number of ketones is 1. The third-order valence-corrected chi connectivity index (χ3v) is 4.87. The molecule has 0 amide bonds. The normalized spacial score (nSPS) is 13.0. The number of hydrogen-bond acceptors (Lipinski definition) is 7. The van der Waals surface area contributed by atoms with Gasteiger partial charge in [0.2, 0.25) is 0 Å². The number of carbonyl (C=O) groups is 2. The summed E-state index contributed by atoms with van der Waals surface area (Å²) in [5, 5.41) is 19.7. The van der Waals surface area contributed by atoms with Gasteiger partial charge in [-0.2, -0.15) is 0 Å². The van der Waals surface area contributed by atoms with Crippen LogP contribution in [0.2, 0.25) is 0 Å². The molecule has 2 aromatic rings. The van der Waals surface area contributed by atoms with Crippen LogP contribution in [0.1, 0.15) is 56.1 Å². The fourth-order valence-corrected chi connectivity index (χ4v) is 3.20. The molecule has 0 spiro atoms. The smallest absolute Gasteiger partial charge is 0.323 e. The van der Waals surface area contributed by atoms with Crippen LogP contribution in [-0.2, 0) is 22.4 Å². The van der Waals surface area contributed by atoms with E-state index in [1.165, 1.54) is 24.3 Å². The van der Waals surface area contributed by atoms with Crippen LogP contribution in [-0.4, -0.2) is 33.6 Å². The third kappa shape index (κ3) is 6.46. The molecule has 1 atom stereocenters. The number of benzene rings is 2. The van der Waals surface area contributed by atoms with Gasteiger partial charge in [0.1, 0.15) is 23.1 Å². The first-order chi connectivity index (χ1) is 14.2. The molecule has 168 valence electrons. The Morgan fingerprint density at radius 2 is 1.61 bits per heavy atom. The second-order valence-electron chi connectivity index (χ2n) is 9.48. The zero-order valence-electron chi connectivity index (χ0n) is 18.7. The summed E-state index contributed by atoms with van der Waals surface area (Å²) in [5.41, 5.74) is 12.4. The van der Waals surface area contributed by atoms with Crippen molar-refractivity contribution in [2.45, 2.75) is 59.1 Å². The van der Waals surface area contributed by atoms with Crippen LogP contribution < -0.4 is 11.5 Å². The van der Waals surface area contributed by atoms with E-state index in [2.05, 4.69) is 0 Å². The zero-order chi connectivity index (χ0) is 23.6. The molecule has 0 radical (unpaired) electrons. The van der Waals surface area contributed by atoms with Crippen molar-refractivity contribution in [2.24, 2.45) is 11.1 Å². The van der Waals surface area contributed by atoms with Crippen LogP contribution in [0.3, 0.4) is 0 Å². The van der Waals surface area contributed by atoms with Crippen LogP contribution in [0.15, 0.2) is 36.4 Å². The van der Waals surface area contributed by atoms with Gasteiger partial charge in [-0.05, 0) is 55.7 Å². The van der Waals surface area contributed by atoms with Gasteiger partial charge >= 0.3 is 5.97 Å². The molecule has 7 nitrogen and oxygen atoms in total. The standard InChI is InChI=1S/C24H32N2O5/c1-23(2,3)21(29)17-12-18(25)15(11-20(17)28)13-24(4,5)31-22(30)19(26)10-14-6-8-16(27)9-7-14/h6-9,11-12,19,27-28H,10,13,25-26H2,1-5H3/t19-/m0/s1. The maximum Gasteiger partial charge on any atom is 0.323 e. The van der Waals surface area contributed by atoms with Gasteiger partial charge in [0.25, 0.3) is 0 Å². The molecular weight excluding hydrogens is 396 g/mol. The molecule has 0 aliphatic rings. The van der Waals surface area contributed by atoms with E-state index >= 15 is 0 Å². The lowest BCUT2D eigenvalue weighted by Crippen LogP contribution is -2.41. The molecule has 0 aromatic heterocycles. The van der Waals surface area contributed by atoms with Gasteiger partial charge in [-0.15, -0.1) is 0 Å². The molecule has 6 N–H and O–H groups in total. The average molecular weight is 429 g/mol. The first-order valence-electron chi connectivity index (χ1n) is 10.1. The van der Waals surface area contributed by atoms with Gasteiger partial charge in [0.05, 0.1) is 5.56 Å². The quantitative estimate of drug-likeness (QED) is 0.230. The number of nitrogens with two attached hydrogens (primary N) is 2. The van der Waals surface area contributed by atoms with Gasteiger partial charge in [0.15, 0.2) is 5.78 Å². The number of esters is 1. The molecule has 0 fully saturated rings. The minimum Gasteiger partial charge on any atom is -0.508 e. The van der Waals surface area contributed by atoms with Crippen molar-refractivity contribution < 1.29 is 24.5 Å². The van der Waals surface area contributed by atoms with E-state index in [0.29, 0.717) is 11.3 Å². The van der Waals surface area contributed by atoms with E-state index in [0.717, 1.165) is 5.56 Å². The molecule has 2 aromatic carbocycles. The highest BCUT2D eigenvalue weighted by atomic mass is 16.6. The molecule has 0 saturated carbocycles. The summed E-state index contributed by atoms with van der Waals surface area (Å²) < 4.78 is 5.61. The highest BCUT2D eigenvalue weighted by molar-refractivity contribution is 6.02. The summed E-state index contributed by atoms with van der Waals surface area (Å²) in [4.78, 5) is 25.0. The van der Waals surface area contributed by atoms with Crippen LogP contribution >= 0.6 is 0 Å². The van der Waals surface area contributed by atoms with Gasteiger partial charge in [-0.25, -0.2) is 0 Å². The Bertz CT molecular complexity index is 959. The zero-order valence-corrected chi connectivity index (χ0v) is 18.7. The summed E-state index contributed by atoms with van der Waals surface area (Å²) in [5.74, 6) is -0.804. The summed E-state index contributed by atoms with van der Waals surface area (Å²) in [6, 6.07) is 8.48. The van der Waals surface area contributed by atoms with Crippen LogP contribution in [0.25, 0.3) is 0 Å². The number of anilines is 1. The summed E-state index contributed by atoms with van der Waals surface area (Å²) in [7, 11) is 0. The Labute approximate surface area is 183 Å². The fraction of sp³-hybridized carbons (Fsp3) is 0.417. The molecule has 2 rings (SSSR count). The monoisotopic (exact) mass is 428 g/mol. The third-order valence-electron chi connectivity index (χ3n) is 4.87. The van der Waals surface area contributed by atoms with Crippen LogP contribution in [0, 0.1) is 5.41 Å². The van der Waals surface area contributed by atoms with E-state index in [1.807, 2.05) is 0 Å².